The van der Waals surface area contributed by atoms with E-state index in [2.05, 4.69) is 5.32 Å². The first-order chi connectivity index (χ1) is 8.97. The van der Waals surface area contributed by atoms with E-state index >= 15 is 0 Å². The molecular weight excluding hydrogens is 366 g/mol. The molecule has 0 radical (unpaired) electrons. The summed E-state index contributed by atoms with van der Waals surface area (Å²) in [5.41, 5.74) is 0.0972. The van der Waals surface area contributed by atoms with Crippen LogP contribution >= 0.6 is 22.6 Å². The first kappa shape index (κ1) is 14.4. The number of hydrogen-bond acceptors (Lipinski definition) is 4. The third-order valence-corrected chi connectivity index (χ3v) is 4.32. The number of nitro benzene ring substituents is 1. The number of rotatable bonds is 6. The van der Waals surface area contributed by atoms with Gasteiger partial charge >= 0.3 is 0 Å². The quantitative estimate of drug-likeness (QED) is 0.452. The highest BCUT2D eigenvalue weighted by molar-refractivity contribution is 14.1. The fourth-order valence-electron chi connectivity index (χ4n) is 2.04. The predicted octanol–water partition coefficient (Wildman–Crippen LogP) is 2.91. The third-order valence-electron chi connectivity index (χ3n) is 3.49. The maximum absolute atomic E-state index is 13.5. The summed E-state index contributed by atoms with van der Waals surface area (Å²) in [7, 11) is 0. The molecule has 1 aromatic carbocycles. The Morgan fingerprint density at radius 1 is 1.53 bits per heavy atom. The van der Waals surface area contributed by atoms with Crippen LogP contribution in [0.25, 0.3) is 0 Å². The minimum Gasteiger partial charge on any atom is -0.396 e. The van der Waals surface area contributed by atoms with E-state index in [9.17, 15) is 14.5 Å². The Bertz CT molecular complexity index is 506. The second-order valence-electron chi connectivity index (χ2n) is 4.87. The number of nitrogens with one attached hydrogen (secondary N) is 1. The van der Waals surface area contributed by atoms with Crippen molar-refractivity contribution >= 4 is 34.0 Å². The lowest BCUT2D eigenvalue weighted by atomic mass is 10.0. The van der Waals surface area contributed by atoms with Gasteiger partial charge in [0.1, 0.15) is 11.5 Å². The predicted molar refractivity (Wildman–Crippen MR) is 77.6 cm³/mol. The number of halogens is 2. The smallest absolute Gasteiger partial charge is 0.293 e. The average molecular weight is 380 g/mol. The van der Waals surface area contributed by atoms with Crippen LogP contribution in [-0.4, -0.2) is 23.2 Å². The molecule has 1 aliphatic rings. The average Bonchev–Trinajstić information content (AvgIpc) is 3.11. The van der Waals surface area contributed by atoms with Gasteiger partial charge in [-0.3, -0.25) is 10.1 Å². The molecule has 1 aromatic rings. The Balaban J connectivity index is 2.15. The lowest BCUT2D eigenvalue weighted by molar-refractivity contribution is -0.384. The maximum atomic E-state index is 13.5. The van der Waals surface area contributed by atoms with Crippen molar-refractivity contribution < 1.29 is 14.4 Å². The van der Waals surface area contributed by atoms with Crippen LogP contribution in [0.15, 0.2) is 12.1 Å². The summed E-state index contributed by atoms with van der Waals surface area (Å²) < 4.78 is 13.7. The summed E-state index contributed by atoms with van der Waals surface area (Å²) in [4.78, 5) is 10.4. The first-order valence-electron chi connectivity index (χ1n) is 5.96. The van der Waals surface area contributed by atoms with Crippen LogP contribution in [0.4, 0.5) is 15.8 Å². The number of aliphatic hydroxyl groups is 1. The van der Waals surface area contributed by atoms with Crippen molar-refractivity contribution in [3.8, 4) is 0 Å². The van der Waals surface area contributed by atoms with Crippen molar-refractivity contribution in [1.82, 2.24) is 0 Å². The zero-order chi connectivity index (χ0) is 14.0. The summed E-state index contributed by atoms with van der Waals surface area (Å²) in [5.74, 6) is -0.472. The molecule has 1 saturated carbocycles. The fraction of sp³-hybridized carbons (Fsp3) is 0.500. The molecule has 0 heterocycles. The molecule has 7 heteroatoms. The second-order valence-corrected chi connectivity index (χ2v) is 6.03. The van der Waals surface area contributed by atoms with E-state index < -0.39 is 10.7 Å². The third kappa shape index (κ3) is 3.33. The van der Waals surface area contributed by atoms with E-state index in [4.69, 9.17) is 5.11 Å². The Labute approximate surface area is 123 Å². The Morgan fingerprint density at radius 2 is 2.21 bits per heavy atom. The van der Waals surface area contributed by atoms with E-state index in [1.165, 1.54) is 6.07 Å². The van der Waals surface area contributed by atoms with Gasteiger partial charge in [-0.05, 0) is 47.3 Å². The number of anilines is 1. The lowest BCUT2D eigenvalue weighted by Crippen LogP contribution is -2.17. The lowest BCUT2D eigenvalue weighted by Gasteiger charge is -2.15. The molecule has 0 aliphatic heterocycles. The molecule has 19 heavy (non-hydrogen) atoms. The van der Waals surface area contributed by atoms with E-state index in [1.54, 1.807) is 22.6 Å². The largest absolute Gasteiger partial charge is 0.396 e. The number of benzene rings is 1. The molecule has 0 amide bonds. The van der Waals surface area contributed by atoms with Gasteiger partial charge in [-0.15, -0.1) is 0 Å². The summed E-state index contributed by atoms with van der Waals surface area (Å²) in [6.07, 6.45) is 2.64. The maximum Gasteiger partial charge on any atom is 0.293 e. The number of nitro groups is 1. The van der Waals surface area contributed by atoms with Crippen LogP contribution in [0.1, 0.15) is 19.3 Å². The monoisotopic (exact) mass is 380 g/mol. The highest BCUT2D eigenvalue weighted by Gasteiger charge is 2.41. The van der Waals surface area contributed by atoms with Crippen LogP contribution in [0, 0.1) is 24.9 Å². The van der Waals surface area contributed by atoms with E-state index in [0.717, 1.165) is 18.9 Å². The van der Waals surface area contributed by atoms with Gasteiger partial charge in [0.25, 0.3) is 5.69 Å². The second kappa shape index (κ2) is 5.58. The highest BCUT2D eigenvalue weighted by Crippen LogP contribution is 2.48. The van der Waals surface area contributed by atoms with Crippen molar-refractivity contribution in [2.24, 2.45) is 5.41 Å². The van der Waals surface area contributed by atoms with Gasteiger partial charge < -0.3 is 10.4 Å². The highest BCUT2D eigenvalue weighted by atomic mass is 127. The van der Waals surface area contributed by atoms with Crippen molar-refractivity contribution in [1.29, 1.82) is 0 Å². The summed E-state index contributed by atoms with van der Waals surface area (Å²) in [6.45, 7) is 0.624. The molecule has 1 fully saturated rings. The molecule has 2 N–H and O–H groups in total. The standard InChI is InChI=1S/C12H14FIN2O3/c13-8-5-10(11(16(18)19)6-9(8)14)15-7-12(1-2-12)3-4-17/h5-6,15,17H,1-4,7H2. The van der Waals surface area contributed by atoms with Gasteiger partial charge in [0.15, 0.2) is 0 Å². The van der Waals surface area contributed by atoms with Crippen molar-refractivity contribution in [2.45, 2.75) is 19.3 Å². The van der Waals surface area contributed by atoms with Crippen molar-refractivity contribution in [3.05, 3.63) is 31.6 Å². The molecule has 0 saturated heterocycles. The molecule has 1 aliphatic carbocycles. The van der Waals surface area contributed by atoms with Gasteiger partial charge in [-0.2, -0.15) is 0 Å². The Morgan fingerprint density at radius 3 is 2.74 bits per heavy atom. The first-order valence-corrected chi connectivity index (χ1v) is 7.03. The summed E-state index contributed by atoms with van der Waals surface area (Å²) >= 11 is 1.73. The van der Waals surface area contributed by atoms with Gasteiger partial charge in [-0.25, -0.2) is 4.39 Å². The van der Waals surface area contributed by atoms with Crippen LogP contribution in [0.3, 0.4) is 0 Å². The molecule has 0 bridgehead atoms. The molecule has 2 rings (SSSR count). The zero-order valence-corrected chi connectivity index (χ0v) is 12.3. The van der Waals surface area contributed by atoms with Crippen molar-refractivity contribution in [3.63, 3.8) is 0 Å². The number of nitrogens with zero attached hydrogens (tertiary/aromatic N) is 1. The molecule has 0 spiro atoms. The van der Waals surface area contributed by atoms with Crippen molar-refractivity contribution in [2.75, 3.05) is 18.5 Å². The topological polar surface area (TPSA) is 75.4 Å². The molecule has 0 atom stereocenters. The molecule has 0 unspecified atom stereocenters. The number of hydrogen-bond donors (Lipinski definition) is 2. The normalized spacial score (nSPS) is 16.2. The SMILES string of the molecule is O=[N+]([O-])c1cc(I)c(F)cc1NCC1(CCO)CC1. The summed E-state index contributed by atoms with van der Waals surface area (Å²) in [5, 5.41) is 22.9. The van der Waals surface area contributed by atoms with Gasteiger partial charge in [0.05, 0.1) is 8.49 Å². The molecule has 104 valence electrons. The zero-order valence-electron chi connectivity index (χ0n) is 10.2. The van der Waals surface area contributed by atoms with E-state index in [-0.39, 0.29) is 27.0 Å². The van der Waals surface area contributed by atoms with Crippen LogP contribution < -0.4 is 5.32 Å². The van der Waals surface area contributed by atoms with E-state index in [0.29, 0.717) is 13.0 Å². The van der Waals surface area contributed by atoms with Gasteiger partial charge in [0, 0.05) is 25.3 Å². The molecule has 0 aromatic heterocycles. The van der Waals surface area contributed by atoms with Gasteiger partial charge in [0.2, 0.25) is 0 Å². The Hall–Kier alpha value is -0.960. The van der Waals surface area contributed by atoms with Crippen LogP contribution in [0.2, 0.25) is 0 Å². The fourth-order valence-corrected chi connectivity index (χ4v) is 2.49. The van der Waals surface area contributed by atoms with Crippen LogP contribution in [-0.2, 0) is 0 Å². The van der Waals surface area contributed by atoms with E-state index in [1.807, 2.05) is 0 Å². The minimum absolute atomic E-state index is 0.0160. The minimum atomic E-state index is -0.518. The molecular formula is C12H14FIN2O3. The Kier molecular flexibility index (Phi) is 4.24. The summed E-state index contributed by atoms with van der Waals surface area (Å²) in [6, 6.07) is 2.39. The van der Waals surface area contributed by atoms with Gasteiger partial charge in [-0.1, -0.05) is 0 Å². The number of aliphatic hydroxyl groups excluding tert-OH is 1. The van der Waals surface area contributed by atoms with Crippen LogP contribution in [0.5, 0.6) is 0 Å². The molecule has 5 nitrogen and oxygen atoms in total.